The average Bonchev–Trinajstić information content (AvgIpc) is 3.05. The van der Waals surface area contributed by atoms with Crippen LogP contribution < -0.4 is 30.5 Å². The van der Waals surface area contributed by atoms with E-state index in [2.05, 4.69) is 16.0 Å². The third-order valence-electron chi connectivity index (χ3n) is 7.12. The monoisotopic (exact) mass is 515 g/mol. The third kappa shape index (κ3) is 4.43. The van der Waals surface area contributed by atoms with E-state index in [1.54, 1.807) is 62.4 Å². The molecule has 0 aromatic heterocycles. The molecule has 10 nitrogen and oxygen atoms in total. The van der Waals surface area contributed by atoms with Gasteiger partial charge >= 0.3 is 0 Å². The zero-order valence-electron chi connectivity index (χ0n) is 21.4. The van der Waals surface area contributed by atoms with Gasteiger partial charge in [-0.05, 0) is 55.1 Å². The van der Waals surface area contributed by atoms with E-state index in [4.69, 9.17) is 4.74 Å². The number of para-hydroxylation sites is 2. The van der Waals surface area contributed by atoms with Gasteiger partial charge in [-0.15, -0.1) is 0 Å². The first-order chi connectivity index (χ1) is 18.3. The Bertz CT molecular complexity index is 1450. The normalized spacial score (nSPS) is 18.2. The van der Waals surface area contributed by atoms with E-state index in [-0.39, 0.29) is 37.4 Å². The van der Waals surface area contributed by atoms with Crippen LogP contribution in [0, 0.1) is 0 Å². The molecule has 0 spiro atoms. The Morgan fingerprint density at radius 1 is 1.05 bits per heavy atom. The molecule has 0 saturated heterocycles. The topological polar surface area (TPSA) is 120 Å². The summed E-state index contributed by atoms with van der Waals surface area (Å²) in [5, 5.41) is 10.0. The Hall–Kier alpha value is -4.44. The predicted octanol–water partition coefficient (Wildman–Crippen LogP) is 1.56. The molecule has 3 N–H and O–H groups in total. The lowest BCUT2D eigenvalue weighted by atomic mass is 9.99. The summed E-state index contributed by atoms with van der Waals surface area (Å²) in [6.45, 7) is 1.44. The number of rotatable bonds is 4. The fraction of sp³-hybridized carbons (Fsp3) is 0.286. The van der Waals surface area contributed by atoms with E-state index >= 15 is 0 Å². The minimum Gasteiger partial charge on any atom is -0.496 e. The highest BCUT2D eigenvalue weighted by molar-refractivity contribution is 6.10. The molecular weight excluding hydrogens is 486 g/mol. The highest BCUT2D eigenvalue weighted by Crippen LogP contribution is 2.37. The van der Waals surface area contributed by atoms with Gasteiger partial charge in [0.1, 0.15) is 11.8 Å². The van der Waals surface area contributed by atoms with Crippen LogP contribution >= 0.6 is 0 Å². The number of anilines is 2. The summed E-state index contributed by atoms with van der Waals surface area (Å²) in [4.78, 5) is 56.5. The number of benzene rings is 3. The highest BCUT2D eigenvalue weighted by Gasteiger charge is 2.38. The molecule has 3 aromatic rings. The second kappa shape index (κ2) is 10.1. The Balaban J connectivity index is 1.73. The van der Waals surface area contributed by atoms with Crippen LogP contribution in [0.3, 0.4) is 0 Å². The lowest BCUT2D eigenvalue weighted by Crippen LogP contribution is -2.56. The maximum Gasteiger partial charge on any atom is 0.251 e. The number of carbonyl (C=O) groups is 4. The van der Waals surface area contributed by atoms with Crippen molar-refractivity contribution in [3.8, 4) is 5.75 Å². The molecule has 3 aliphatic heterocycles. The van der Waals surface area contributed by atoms with Crippen LogP contribution in [0.5, 0.6) is 5.75 Å². The fourth-order valence-corrected chi connectivity index (χ4v) is 4.90. The van der Waals surface area contributed by atoms with E-state index < -0.39 is 18.0 Å². The molecular formula is C28H29N5O5. The van der Waals surface area contributed by atoms with Gasteiger partial charge < -0.3 is 30.5 Å². The summed E-state index contributed by atoms with van der Waals surface area (Å²) < 4.78 is 5.68. The standard InChI is InChI=1S/C28H29N5O5/c1-16(29-2)26(35)31-21-15-32-22-6-4-5-7-23(22)33(28(21)37)14-20-19-10-8-18(27(36)30-13-25(32)34)12-17(19)9-11-24(20)38-3/h4-12,16,21,29H,13-15H2,1-3H3,(H,30,36)(H,31,35)/t16-,21-/m0/s1. The summed E-state index contributed by atoms with van der Waals surface area (Å²) >= 11 is 0. The van der Waals surface area contributed by atoms with Gasteiger partial charge in [-0.25, -0.2) is 0 Å². The summed E-state index contributed by atoms with van der Waals surface area (Å²) in [5.41, 5.74) is 2.18. The number of ether oxygens (including phenoxy) is 1. The van der Waals surface area contributed by atoms with Crippen molar-refractivity contribution in [3.63, 3.8) is 0 Å². The zero-order valence-corrected chi connectivity index (χ0v) is 21.4. The van der Waals surface area contributed by atoms with Crippen LogP contribution in [0.2, 0.25) is 0 Å². The molecule has 10 heteroatoms. The van der Waals surface area contributed by atoms with Crippen molar-refractivity contribution in [1.82, 2.24) is 16.0 Å². The first kappa shape index (κ1) is 25.2. The number of methoxy groups -OCH3 is 1. The average molecular weight is 516 g/mol. The number of likely N-dealkylation sites (N-methyl/N-ethyl adjacent to an activating group) is 1. The highest BCUT2D eigenvalue weighted by atomic mass is 16.5. The molecule has 2 atom stereocenters. The zero-order chi connectivity index (χ0) is 27.0. The lowest BCUT2D eigenvalue weighted by Gasteiger charge is -2.27. The number of amides is 4. The largest absolute Gasteiger partial charge is 0.496 e. The van der Waals surface area contributed by atoms with Crippen molar-refractivity contribution in [2.45, 2.75) is 25.6 Å². The quantitative estimate of drug-likeness (QED) is 0.485. The van der Waals surface area contributed by atoms with Crippen LogP contribution in [-0.2, 0) is 20.9 Å². The fourth-order valence-electron chi connectivity index (χ4n) is 4.90. The minimum absolute atomic E-state index is 0.0891. The van der Waals surface area contributed by atoms with E-state index in [1.807, 2.05) is 18.2 Å². The molecule has 196 valence electrons. The first-order valence-corrected chi connectivity index (χ1v) is 12.4. The Morgan fingerprint density at radius 3 is 2.50 bits per heavy atom. The van der Waals surface area contributed by atoms with Crippen molar-refractivity contribution in [2.75, 3.05) is 37.0 Å². The molecule has 0 aliphatic carbocycles. The molecule has 0 saturated carbocycles. The summed E-state index contributed by atoms with van der Waals surface area (Å²) in [5.74, 6) is -0.947. The van der Waals surface area contributed by atoms with E-state index in [0.29, 0.717) is 22.7 Å². The van der Waals surface area contributed by atoms with Gasteiger partial charge in [-0.1, -0.05) is 24.3 Å². The Kier molecular flexibility index (Phi) is 6.73. The van der Waals surface area contributed by atoms with Gasteiger partial charge in [0.2, 0.25) is 11.8 Å². The molecule has 0 radical (unpaired) electrons. The molecule has 0 fully saturated rings. The second-order valence-electron chi connectivity index (χ2n) is 9.35. The summed E-state index contributed by atoms with van der Waals surface area (Å²) in [6.07, 6.45) is 0. The maximum absolute atomic E-state index is 14.1. The van der Waals surface area contributed by atoms with Crippen molar-refractivity contribution in [3.05, 3.63) is 65.7 Å². The molecule has 4 amide bonds. The van der Waals surface area contributed by atoms with Crippen LogP contribution in [-0.4, -0.2) is 63.0 Å². The molecule has 3 aromatic carbocycles. The van der Waals surface area contributed by atoms with E-state index in [1.165, 1.54) is 4.90 Å². The van der Waals surface area contributed by atoms with E-state index in [9.17, 15) is 19.2 Å². The maximum atomic E-state index is 14.1. The number of hydrogen-bond donors (Lipinski definition) is 3. The molecule has 3 heterocycles. The summed E-state index contributed by atoms with van der Waals surface area (Å²) in [6, 6.07) is 14.5. The number of nitrogens with one attached hydrogen (secondary N) is 3. The van der Waals surface area contributed by atoms with Crippen LogP contribution in [0.15, 0.2) is 54.6 Å². The van der Waals surface area contributed by atoms with Gasteiger partial charge in [-0.2, -0.15) is 0 Å². The number of hydrogen-bond acceptors (Lipinski definition) is 6. The van der Waals surface area contributed by atoms with E-state index in [0.717, 1.165) is 16.3 Å². The predicted molar refractivity (Wildman–Crippen MR) is 143 cm³/mol. The van der Waals surface area contributed by atoms with Crippen molar-refractivity contribution in [2.24, 2.45) is 0 Å². The number of fused-ring (bicyclic) bond motifs is 4. The molecule has 0 unspecified atom stereocenters. The Labute approximate surface area is 219 Å². The minimum atomic E-state index is -1.03. The Morgan fingerprint density at radius 2 is 1.79 bits per heavy atom. The molecule has 3 aliphatic rings. The van der Waals surface area contributed by atoms with Crippen molar-refractivity contribution in [1.29, 1.82) is 0 Å². The first-order valence-electron chi connectivity index (χ1n) is 12.4. The van der Waals surface area contributed by atoms with Gasteiger partial charge in [0, 0.05) is 11.1 Å². The van der Waals surface area contributed by atoms with Gasteiger partial charge in [0.15, 0.2) is 0 Å². The SMILES string of the molecule is CN[C@@H](C)C(=O)N[C@H]1CN2C(=O)CNC(=O)c3ccc4c(c(OC)ccc4c3)CN(C1=O)c1ccccc12. The molecule has 38 heavy (non-hydrogen) atoms. The van der Waals surface area contributed by atoms with Gasteiger partial charge in [0.25, 0.3) is 11.8 Å². The summed E-state index contributed by atoms with van der Waals surface area (Å²) in [7, 11) is 3.21. The smallest absolute Gasteiger partial charge is 0.251 e. The molecule has 6 rings (SSSR count). The lowest BCUT2D eigenvalue weighted by molar-refractivity contribution is -0.128. The third-order valence-corrected chi connectivity index (χ3v) is 7.12. The van der Waals surface area contributed by atoms with Gasteiger partial charge in [-0.3, -0.25) is 19.2 Å². The van der Waals surface area contributed by atoms with Gasteiger partial charge in [0.05, 0.1) is 44.2 Å². The molecule has 6 bridgehead atoms. The van der Waals surface area contributed by atoms with Crippen LogP contribution in [0.25, 0.3) is 10.8 Å². The van der Waals surface area contributed by atoms with Crippen molar-refractivity contribution < 1.29 is 23.9 Å². The van der Waals surface area contributed by atoms with Crippen molar-refractivity contribution >= 4 is 45.8 Å². The number of nitrogens with zero attached hydrogens (tertiary/aromatic N) is 2. The second-order valence-corrected chi connectivity index (χ2v) is 9.35. The number of carbonyl (C=O) groups excluding carboxylic acids is 4. The van der Waals surface area contributed by atoms with Crippen LogP contribution in [0.1, 0.15) is 22.8 Å². The van der Waals surface area contributed by atoms with Crippen LogP contribution in [0.4, 0.5) is 11.4 Å².